The van der Waals surface area contributed by atoms with E-state index in [0.29, 0.717) is 5.78 Å². The van der Waals surface area contributed by atoms with Gasteiger partial charge in [-0.3, -0.25) is 4.79 Å². The number of ketones is 1. The lowest BCUT2D eigenvalue weighted by Crippen LogP contribution is -2.11. The van der Waals surface area contributed by atoms with Crippen molar-refractivity contribution >= 4 is 5.78 Å². The lowest BCUT2D eigenvalue weighted by atomic mass is 9.82. The van der Waals surface area contributed by atoms with Crippen molar-refractivity contribution in [3.63, 3.8) is 0 Å². The Morgan fingerprint density at radius 2 is 2.00 bits per heavy atom. The van der Waals surface area contributed by atoms with E-state index >= 15 is 0 Å². The van der Waals surface area contributed by atoms with Gasteiger partial charge in [-0.25, -0.2) is 0 Å². The SMILES string of the molecule is CC1CC2=C(C1=O)C1=C(CCC=C1)CC2. The second-order valence-corrected chi connectivity index (χ2v) is 4.91. The number of fused-ring (bicyclic) bond motifs is 1. The maximum Gasteiger partial charge on any atom is 0.166 e. The van der Waals surface area contributed by atoms with Gasteiger partial charge in [0.25, 0.3) is 0 Å². The smallest absolute Gasteiger partial charge is 0.166 e. The first-order chi connectivity index (χ1) is 7.27. The average molecular weight is 200 g/mol. The summed E-state index contributed by atoms with van der Waals surface area (Å²) in [5.41, 5.74) is 5.34. The molecule has 0 aliphatic heterocycles. The van der Waals surface area contributed by atoms with Crippen LogP contribution in [0.2, 0.25) is 0 Å². The lowest BCUT2D eigenvalue weighted by molar-refractivity contribution is -0.117. The van der Waals surface area contributed by atoms with Crippen molar-refractivity contribution < 1.29 is 4.79 Å². The second-order valence-electron chi connectivity index (χ2n) is 4.91. The average Bonchev–Trinajstić information content (AvgIpc) is 2.55. The standard InChI is InChI=1S/C14H16O/c1-9-8-11-7-6-10-4-2-3-5-12(10)13(11)14(9)15/h3,5,9H,2,4,6-8H2,1H3. The van der Waals surface area contributed by atoms with E-state index in [4.69, 9.17) is 0 Å². The Bertz CT molecular complexity index is 421. The van der Waals surface area contributed by atoms with Gasteiger partial charge in [0.2, 0.25) is 0 Å². The molecular weight excluding hydrogens is 184 g/mol. The molecule has 3 aliphatic carbocycles. The number of carbonyl (C=O) groups excluding carboxylic acids is 1. The highest BCUT2D eigenvalue weighted by Gasteiger charge is 2.34. The first-order valence-corrected chi connectivity index (χ1v) is 5.92. The van der Waals surface area contributed by atoms with E-state index in [1.807, 2.05) is 0 Å². The van der Waals surface area contributed by atoms with Crippen molar-refractivity contribution in [2.24, 2.45) is 5.92 Å². The largest absolute Gasteiger partial charge is 0.294 e. The topological polar surface area (TPSA) is 17.1 Å². The number of hydrogen-bond donors (Lipinski definition) is 0. The Labute approximate surface area is 90.6 Å². The van der Waals surface area contributed by atoms with Crippen LogP contribution in [0.4, 0.5) is 0 Å². The molecule has 0 aromatic heterocycles. The third-order valence-corrected chi connectivity index (χ3v) is 3.88. The van der Waals surface area contributed by atoms with Gasteiger partial charge >= 0.3 is 0 Å². The molecule has 0 saturated carbocycles. The normalized spacial score (nSPS) is 29.7. The van der Waals surface area contributed by atoms with E-state index in [1.54, 1.807) is 0 Å². The number of carbonyl (C=O) groups is 1. The molecule has 0 aromatic rings. The molecule has 0 fully saturated rings. The molecule has 1 atom stereocenters. The van der Waals surface area contributed by atoms with Crippen LogP contribution in [0, 0.1) is 5.92 Å². The highest BCUT2D eigenvalue weighted by atomic mass is 16.1. The third-order valence-electron chi connectivity index (χ3n) is 3.88. The van der Waals surface area contributed by atoms with Gasteiger partial charge in [-0.05, 0) is 37.7 Å². The van der Waals surface area contributed by atoms with Gasteiger partial charge in [-0.15, -0.1) is 0 Å². The third kappa shape index (κ3) is 1.26. The molecule has 0 aromatic carbocycles. The van der Waals surface area contributed by atoms with Crippen molar-refractivity contribution in [3.05, 3.63) is 34.4 Å². The van der Waals surface area contributed by atoms with Crippen LogP contribution >= 0.6 is 0 Å². The van der Waals surface area contributed by atoms with Crippen LogP contribution in [0.5, 0.6) is 0 Å². The van der Waals surface area contributed by atoms with E-state index < -0.39 is 0 Å². The van der Waals surface area contributed by atoms with Crippen LogP contribution in [-0.4, -0.2) is 5.78 Å². The molecule has 3 rings (SSSR count). The summed E-state index contributed by atoms with van der Waals surface area (Å²) in [5, 5.41) is 0. The Balaban J connectivity index is 2.09. The Morgan fingerprint density at radius 3 is 2.87 bits per heavy atom. The van der Waals surface area contributed by atoms with Crippen LogP contribution < -0.4 is 0 Å². The molecule has 0 amide bonds. The highest BCUT2D eigenvalue weighted by molar-refractivity contribution is 6.05. The quantitative estimate of drug-likeness (QED) is 0.586. The summed E-state index contributed by atoms with van der Waals surface area (Å²) in [5.74, 6) is 0.626. The molecule has 15 heavy (non-hydrogen) atoms. The van der Waals surface area contributed by atoms with Crippen LogP contribution in [0.15, 0.2) is 34.4 Å². The van der Waals surface area contributed by atoms with Gasteiger partial charge in [0.1, 0.15) is 0 Å². The van der Waals surface area contributed by atoms with E-state index in [9.17, 15) is 4.79 Å². The Morgan fingerprint density at radius 1 is 1.20 bits per heavy atom. The summed E-state index contributed by atoms with van der Waals surface area (Å²) in [7, 11) is 0. The maximum atomic E-state index is 12.1. The van der Waals surface area contributed by atoms with Crippen LogP contribution in [0.1, 0.15) is 39.0 Å². The van der Waals surface area contributed by atoms with Crippen LogP contribution in [-0.2, 0) is 4.79 Å². The van der Waals surface area contributed by atoms with Gasteiger partial charge < -0.3 is 0 Å². The molecule has 1 unspecified atom stereocenters. The molecule has 0 bridgehead atoms. The molecule has 1 heteroatoms. The summed E-state index contributed by atoms with van der Waals surface area (Å²) >= 11 is 0. The number of allylic oxidation sites excluding steroid dienone is 6. The fourth-order valence-electron chi connectivity index (χ4n) is 3.07. The molecule has 0 N–H and O–H groups in total. The van der Waals surface area contributed by atoms with Gasteiger partial charge in [0, 0.05) is 11.5 Å². The highest BCUT2D eigenvalue weighted by Crippen LogP contribution is 2.43. The summed E-state index contributed by atoms with van der Waals surface area (Å²) in [6, 6.07) is 0. The Kier molecular flexibility index (Phi) is 1.95. The van der Waals surface area contributed by atoms with Gasteiger partial charge in [0.15, 0.2) is 5.78 Å². The summed E-state index contributed by atoms with van der Waals surface area (Å²) in [6.45, 7) is 2.06. The van der Waals surface area contributed by atoms with Crippen molar-refractivity contribution in [1.82, 2.24) is 0 Å². The predicted octanol–water partition coefficient (Wildman–Crippen LogP) is 3.33. The molecule has 1 nitrogen and oxygen atoms in total. The molecule has 78 valence electrons. The fraction of sp³-hybridized carbons (Fsp3) is 0.500. The van der Waals surface area contributed by atoms with E-state index in [1.165, 1.54) is 29.6 Å². The van der Waals surface area contributed by atoms with E-state index in [2.05, 4.69) is 19.1 Å². The zero-order valence-corrected chi connectivity index (χ0v) is 9.18. The molecule has 0 spiro atoms. The number of hydrogen-bond acceptors (Lipinski definition) is 1. The zero-order chi connectivity index (χ0) is 10.4. The van der Waals surface area contributed by atoms with E-state index in [0.717, 1.165) is 24.8 Å². The van der Waals surface area contributed by atoms with Crippen molar-refractivity contribution in [1.29, 1.82) is 0 Å². The monoisotopic (exact) mass is 200 g/mol. The van der Waals surface area contributed by atoms with E-state index in [-0.39, 0.29) is 5.92 Å². The Hall–Kier alpha value is -1.11. The first-order valence-electron chi connectivity index (χ1n) is 5.92. The summed E-state index contributed by atoms with van der Waals surface area (Å²) in [6.07, 6.45) is 10.1. The second kappa shape index (κ2) is 3.19. The molecular formula is C14H16O. The minimum absolute atomic E-state index is 0.233. The minimum Gasteiger partial charge on any atom is -0.294 e. The zero-order valence-electron chi connectivity index (χ0n) is 9.18. The van der Waals surface area contributed by atoms with Crippen LogP contribution in [0.3, 0.4) is 0 Å². The summed E-state index contributed by atoms with van der Waals surface area (Å²) < 4.78 is 0. The maximum absolute atomic E-state index is 12.1. The predicted molar refractivity (Wildman–Crippen MR) is 60.4 cm³/mol. The minimum atomic E-state index is 0.233. The first kappa shape index (κ1) is 9.14. The van der Waals surface area contributed by atoms with Gasteiger partial charge in [0.05, 0.1) is 0 Å². The molecule has 3 aliphatic rings. The van der Waals surface area contributed by atoms with Crippen LogP contribution in [0.25, 0.3) is 0 Å². The number of rotatable bonds is 0. The summed E-state index contributed by atoms with van der Waals surface area (Å²) in [4.78, 5) is 12.1. The van der Waals surface area contributed by atoms with Crippen molar-refractivity contribution in [2.75, 3.05) is 0 Å². The van der Waals surface area contributed by atoms with Gasteiger partial charge in [-0.1, -0.05) is 30.2 Å². The molecule has 0 heterocycles. The van der Waals surface area contributed by atoms with Gasteiger partial charge in [-0.2, -0.15) is 0 Å². The number of Topliss-reactive ketones (excluding diaryl/α,β-unsaturated/α-hetero) is 1. The molecule has 0 saturated heterocycles. The molecule has 0 radical (unpaired) electrons. The van der Waals surface area contributed by atoms with Crippen molar-refractivity contribution in [3.8, 4) is 0 Å². The van der Waals surface area contributed by atoms with Crippen molar-refractivity contribution in [2.45, 2.75) is 39.0 Å². The fourth-order valence-corrected chi connectivity index (χ4v) is 3.07. The lowest BCUT2D eigenvalue weighted by Gasteiger charge is -2.22.